The van der Waals surface area contributed by atoms with Crippen LogP contribution in [0.2, 0.25) is 0 Å². The number of likely N-dealkylation sites (N-methyl/N-ethyl adjacent to an activating group) is 1. The smallest absolute Gasteiger partial charge is 0.255 e. The van der Waals surface area contributed by atoms with Crippen LogP contribution in [-0.4, -0.2) is 41.4 Å². The molecule has 2 N–H and O–H groups in total. The van der Waals surface area contributed by atoms with Crippen molar-refractivity contribution in [2.24, 2.45) is 0 Å². The van der Waals surface area contributed by atoms with E-state index in [2.05, 4.69) is 25.5 Å². The zero-order valence-electron chi connectivity index (χ0n) is 18.1. The molecular weight excluding hydrogens is 423 g/mol. The Labute approximate surface area is 190 Å². The first-order valence-corrected chi connectivity index (χ1v) is 10.8. The van der Waals surface area contributed by atoms with Crippen molar-refractivity contribution in [3.63, 3.8) is 0 Å². The summed E-state index contributed by atoms with van der Waals surface area (Å²) in [6.45, 7) is 1.30. The Morgan fingerprint density at radius 3 is 2.67 bits per heavy atom. The fraction of sp³-hybridized carbons (Fsp3) is 0.250. The van der Waals surface area contributed by atoms with Gasteiger partial charge in [0.2, 0.25) is 11.9 Å². The van der Waals surface area contributed by atoms with Gasteiger partial charge in [0.1, 0.15) is 17.5 Å². The van der Waals surface area contributed by atoms with Gasteiger partial charge in [-0.25, -0.2) is 9.37 Å². The molecule has 5 rings (SSSR count). The number of hydrogen-bond acceptors (Lipinski definition) is 6. The second-order valence-corrected chi connectivity index (χ2v) is 8.16. The second-order valence-electron chi connectivity index (χ2n) is 8.16. The average Bonchev–Trinajstić information content (AvgIpc) is 3.33. The zero-order valence-corrected chi connectivity index (χ0v) is 18.1. The van der Waals surface area contributed by atoms with Gasteiger partial charge in [-0.3, -0.25) is 9.59 Å². The first kappa shape index (κ1) is 20.9. The van der Waals surface area contributed by atoms with E-state index in [9.17, 15) is 14.0 Å². The largest absolute Gasteiger partial charge is 0.350 e. The predicted octanol–water partition coefficient (Wildman–Crippen LogP) is 3.43. The van der Waals surface area contributed by atoms with Gasteiger partial charge in [-0.15, -0.1) is 0 Å². The normalized spacial score (nSPS) is 16.9. The summed E-state index contributed by atoms with van der Waals surface area (Å²) in [7, 11) is 1.76. The highest BCUT2D eigenvalue weighted by Gasteiger charge is 2.40. The molecule has 168 valence electrons. The molecule has 0 bridgehead atoms. The monoisotopic (exact) mass is 446 g/mol. The van der Waals surface area contributed by atoms with Crippen LogP contribution in [0, 0.1) is 5.82 Å². The number of halogens is 1. The lowest BCUT2D eigenvalue weighted by Gasteiger charge is -2.36. The molecule has 1 atom stereocenters. The number of amides is 2. The summed E-state index contributed by atoms with van der Waals surface area (Å²) < 4.78 is 13.0. The van der Waals surface area contributed by atoms with Gasteiger partial charge in [0.25, 0.3) is 5.91 Å². The summed E-state index contributed by atoms with van der Waals surface area (Å²) in [4.78, 5) is 37.7. The molecule has 0 spiro atoms. The van der Waals surface area contributed by atoms with E-state index in [0.29, 0.717) is 23.7 Å². The molecule has 0 unspecified atom stereocenters. The SMILES string of the molecule is CN1C(=O)[C@H]2CCCN2c2nc(NCc3ccc(C(=O)Nc4ccc(F)cc4)cc3)ncc21. The zero-order chi connectivity index (χ0) is 22.9. The summed E-state index contributed by atoms with van der Waals surface area (Å²) in [6.07, 6.45) is 3.49. The Bertz CT molecular complexity index is 1200. The standard InChI is InChI=1S/C24H23FN6O2/c1-30-20-14-27-24(29-21(20)31-12-2-3-19(31)23(30)33)26-13-15-4-6-16(7-5-15)22(32)28-18-10-8-17(25)9-11-18/h4-11,14,19H,2-3,12-13H2,1H3,(H,28,32)(H,26,27,29)/t19-/m1/s1. The summed E-state index contributed by atoms with van der Waals surface area (Å²) >= 11 is 0. The van der Waals surface area contributed by atoms with E-state index in [1.807, 2.05) is 12.1 Å². The van der Waals surface area contributed by atoms with Crippen LogP contribution in [0.4, 0.5) is 27.5 Å². The van der Waals surface area contributed by atoms with Crippen LogP contribution in [0.25, 0.3) is 0 Å². The Kier molecular flexibility index (Phi) is 5.37. The lowest BCUT2D eigenvalue weighted by atomic mass is 10.1. The third-order valence-corrected chi connectivity index (χ3v) is 6.02. The van der Waals surface area contributed by atoms with Crippen LogP contribution in [0.15, 0.2) is 54.7 Å². The second kappa shape index (κ2) is 8.50. The maximum atomic E-state index is 13.0. The van der Waals surface area contributed by atoms with Gasteiger partial charge in [0.05, 0.1) is 6.20 Å². The lowest BCUT2D eigenvalue weighted by Crippen LogP contribution is -2.49. The number of carbonyl (C=O) groups is 2. The van der Waals surface area contributed by atoms with Gasteiger partial charge in [-0.2, -0.15) is 4.98 Å². The average molecular weight is 446 g/mol. The van der Waals surface area contributed by atoms with E-state index in [1.54, 1.807) is 30.3 Å². The van der Waals surface area contributed by atoms with Gasteiger partial charge in [0, 0.05) is 31.4 Å². The quantitative estimate of drug-likeness (QED) is 0.624. The molecule has 2 aliphatic rings. The molecule has 3 heterocycles. The molecule has 0 aliphatic carbocycles. The number of carbonyl (C=O) groups excluding carboxylic acids is 2. The van der Waals surface area contributed by atoms with Crippen molar-refractivity contribution in [1.29, 1.82) is 0 Å². The number of rotatable bonds is 5. The molecule has 9 heteroatoms. The van der Waals surface area contributed by atoms with Gasteiger partial charge in [-0.1, -0.05) is 12.1 Å². The van der Waals surface area contributed by atoms with Gasteiger partial charge in [0.15, 0.2) is 5.82 Å². The minimum absolute atomic E-state index is 0.0906. The summed E-state index contributed by atoms with van der Waals surface area (Å²) in [5.41, 5.74) is 2.71. The number of nitrogens with one attached hydrogen (secondary N) is 2. The number of fused-ring (bicyclic) bond motifs is 3. The molecular formula is C24H23FN6O2. The molecule has 1 saturated heterocycles. The molecule has 3 aromatic rings. The molecule has 0 saturated carbocycles. The minimum atomic E-state index is -0.353. The molecule has 2 amide bonds. The maximum Gasteiger partial charge on any atom is 0.255 e. The predicted molar refractivity (Wildman–Crippen MR) is 124 cm³/mol. The Morgan fingerprint density at radius 2 is 1.91 bits per heavy atom. The van der Waals surface area contributed by atoms with Crippen LogP contribution in [0.1, 0.15) is 28.8 Å². The van der Waals surface area contributed by atoms with Crippen molar-refractivity contribution >= 4 is 35.0 Å². The Balaban J connectivity index is 1.24. The lowest BCUT2D eigenvalue weighted by molar-refractivity contribution is -0.119. The van der Waals surface area contributed by atoms with Crippen molar-refractivity contribution in [2.75, 3.05) is 34.0 Å². The number of aromatic nitrogens is 2. The number of anilines is 4. The van der Waals surface area contributed by atoms with Crippen molar-refractivity contribution in [3.8, 4) is 0 Å². The van der Waals surface area contributed by atoms with E-state index < -0.39 is 0 Å². The minimum Gasteiger partial charge on any atom is -0.350 e. The van der Waals surface area contributed by atoms with Crippen molar-refractivity contribution in [2.45, 2.75) is 25.4 Å². The van der Waals surface area contributed by atoms with E-state index >= 15 is 0 Å². The Morgan fingerprint density at radius 1 is 1.15 bits per heavy atom. The first-order valence-electron chi connectivity index (χ1n) is 10.8. The molecule has 0 radical (unpaired) electrons. The number of hydrogen-bond donors (Lipinski definition) is 2. The molecule has 1 aromatic heterocycles. The van der Waals surface area contributed by atoms with E-state index in [1.165, 1.54) is 24.3 Å². The topological polar surface area (TPSA) is 90.5 Å². The molecule has 8 nitrogen and oxygen atoms in total. The Hall–Kier alpha value is -4.01. The third-order valence-electron chi connectivity index (χ3n) is 6.02. The van der Waals surface area contributed by atoms with Crippen molar-refractivity contribution in [3.05, 3.63) is 71.7 Å². The van der Waals surface area contributed by atoms with Crippen molar-refractivity contribution in [1.82, 2.24) is 9.97 Å². The first-order chi connectivity index (χ1) is 16.0. The highest BCUT2D eigenvalue weighted by atomic mass is 19.1. The van der Waals surface area contributed by atoms with Crippen LogP contribution in [-0.2, 0) is 11.3 Å². The maximum absolute atomic E-state index is 13.0. The van der Waals surface area contributed by atoms with Crippen molar-refractivity contribution < 1.29 is 14.0 Å². The van der Waals surface area contributed by atoms with Gasteiger partial charge in [-0.05, 0) is 54.8 Å². The summed E-state index contributed by atoms with van der Waals surface area (Å²) in [6, 6.07) is 12.7. The number of benzene rings is 2. The van der Waals surface area contributed by atoms with Crippen LogP contribution < -0.4 is 20.4 Å². The van der Waals surface area contributed by atoms with Crippen LogP contribution in [0.5, 0.6) is 0 Å². The fourth-order valence-electron chi connectivity index (χ4n) is 4.21. The van der Waals surface area contributed by atoms with E-state index in [0.717, 1.165) is 36.5 Å². The third kappa shape index (κ3) is 4.09. The summed E-state index contributed by atoms with van der Waals surface area (Å²) in [5, 5.41) is 5.97. The molecule has 2 aliphatic heterocycles. The highest BCUT2D eigenvalue weighted by Crippen LogP contribution is 2.37. The van der Waals surface area contributed by atoms with Crippen LogP contribution in [0.3, 0.4) is 0 Å². The van der Waals surface area contributed by atoms with Crippen LogP contribution >= 0.6 is 0 Å². The fourth-order valence-corrected chi connectivity index (χ4v) is 4.21. The molecule has 1 fully saturated rings. The highest BCUT2D eigenvalue weighted by molar-refractivity contribution is 6.05. The van der Waals surface area contributed by atoms with Gasteiger partial charge >= 0.3 is 0 Å². The van der Waals surface area contributed by atoms with E-state index in [-0.39, 0.29) is 23.7 Å². The van der Waals surface area contributed by atoms with E-state index in [4.69, 9.17) is 0 Å². The molecule has 2 aromatic carbocycles. The number of nitrogens with zero attached hydrogens (tertiary/aromatic N) is 4. The molecule has 33 heavy (non-hydrogen) atoms. The van der Waals surface area contributed by atoms with Gasteiger partial charge < -0.3 is 20.4 Å². The summed E-state index contributed by atoms with van der Waals surface area (Å²) in [5.74, 6) is 0.740.